The number of rotatable bonds is 2. The number of nitrogens with zero attached hydrogens (tertiary/aromatic N) is 2. The molecule has 1 aromatic carbocycles. The zero-order chi connectivity index (χ0) is 17.7. The van der Waals surface area contributed by atoms with Gasteiger partial charge in [0.05, 0.1) is 11.7 Å². The van der Waals surface area contributed by atoms with Crippen molar-refractivity contribution in [1.29, 1.82) is 0 Å². The zero-order valence-corrected chi connectivity index (χ0v) is 14.8. The van der Waals surface area contributed by atoms with Crippen LogP contribution in [0.3, 0.4) is 0 Å². The second kappa shape index (κ2) is 5.56. The number of amides is 2. The number of anilines is 1. The standard InChI is InChI=1S/C16H21N3O4S/c1-16(2)12-10-11(4-5-13(12)17-15(16)21)14(20)18-6-8-19(9-7-18)24(3,22)23/h4-5,10H,6-9H2,1-3H3,(H,17,21). The number of hydrogen-bond donors (Lipinski definition) is 1. The summed E-state index contributed by atoms with van der Waals surface area (Å²) >= 11 is 0. The number of sulfonamides is 1. The van der Waals surface area contributed by atoms with Crippen molar-refractivity contribution in [3.63, 3.8) is 0 Å². The molecule has 0 aromatic heterocycles. The van der Waals surface area contributed by atoms with Gasteiger partial charge in [-0.2, -0.15) is 4.31 Å². The van der Waals surface area contributed by atoms with Crippen LogP contribution in [-0.2, 0) is 20.2 Å². The van der Waals surface area contributed by atoms with E-state index in [2.05, 4.69) is 5.32 Å². The summed E-state index contributed by atoms with van der Waals surface area (Å²) < 4.78 is 24.5. The van der Waals surface area contributed by atoms with E-state index in [4.69, 9.17) is 0 Å². The SMILES string of the molecule is CC1(C)C(=O)Nc2ccc(C(=O)N3CCN(S(C)(=O)=O)CC3)cc21. The van der Waals surface area contributed by atoms with E-state index < -0.39 is 15.4 Å². The fourth-order valence-electron chi connectivity index (χ4n) is 3.11. The fraction of sp³-hybridized carbons (Fsp3) is 0.500. The summed E-state index contributed by atoms with van der Waals surface area (Å²) in [6.45, 7) is 5.00. The van der Waals surface area contributed by atoms with Crippen LogP contribution in [0.2, 0.25) is 0 Å². The van der Waals surface area contributed by atoms with Crippen molar-refractivity contribution in [2.45, 2.75) is 19.3 Å². The summed E-state index contributed by atoms with van der Waals surface area (Å²) in [7, 11) is -3.22. The molecule has 2 aliphatic heterocycles. The molecule has 24 heavy (non-hydrogen) atoms. The predicted molar refractivity (Wildman–Crippen MR) is 90.4 cm³/mol. The number of carbonyl (C=O) groups excluding carboxylic acids is 2. The molecule has 0 radical (unpaired) electrons. The van der Waals surface area contributed by atoms with Gasteiger partial charge >= 0.3 is 0 Å². The van der Waals surface area contributed by atoms with Crippen molar-refractivity contribution < 1.29 is 18.0 Å². The highest BCUT2D eigenvalue weighted by Gasteiger charge is 2.39. The van der Waals surface area contributed by atoms with Gasteiger partial charge in [-0.25, -0.2) is 8.42 Å². The lowest BCUT2D eigenvalue weighted by Gasteiger charge is -2.33. The van der Waals surface area contributed by atoms with Crippen molar-refractivity contribution >= 4 is 27.5 Å². The Hall–Kier alpha value is -1.93. The average Bonchev–Trinajstić information content (AvgIpc) is 2.75. The van der Waals surface area contributed by atoms with E-state index in [0.717, 1.165) is 11.3 Å². The number of hydrogen-bond acceptors (Lipinski definition) is 4. The summed E-state index contributed by atoms with van der Waals surface area (Å²) in [5.74, 6) is -0.218. The lowest BCUT2D eigenvalue weighted by Crippen LogP contribution is -2.50. The van der Waals surface area contributed by atoms with Gasteiger partial charge < -0.3 is 10.2 Å². The van der Waals surface area contributed by atoms with Crippen molar-refractivity contribution in [2.24, 2.45) is 0 Å². The third kappa shape index (κ3) is 2.80. The zero-order valence-electron chi connectivity index (χ0n) is 14.0. The number of piperazine rings is 1. The first-order valence-corrected chi connectivity index (χ1v) is 9.66. The summed E-state index contributed by atoms with van der Waals surface area (Å²) in [4.78, 5) is 26.4. The van der Waals surface area contributed by atoms with Gasteiger partial charge in [-0.3, -0.25) is 9.59 Å². The van der Waals surface area contributed by atoms with Crippen LogP contribution >= 0.6 is 0 Å². The van der Waals surface area contributed by atoms with Crippen molar-refractivity contribution in [2.75, 3.05) is 37.8 Å². The topological polar surface area (TPSA) is 86.8 Å². The van der Waals surface area contributed by atoms with Gasteiger partial charge in [-0.1, -0.05) is 0 Å². The Morgan fingerprint density at radius 2 is 1.79 bits per heavy atom. The van der Waals surface area contributed by atoms with Gasteiger partial charge in [-0.15, -0.1) is 0 Å². The molecule has 1 saturated heterocycles. The molecule has 8 heteroatoms. The highest BCUT2D eigenvalue weighted by Crippen LogP contribution is 2.37. The minimum atomic E-state index is -3.22. The Labute approximate surface area is 141 Å². The molecule has 3 rings (SSSR count). The van der Waals surface area contributed by atoms with Crippen molar-refractivity contribution in [3.8, 4) is 0 Å². The molecule has 0 saturated carbocycles. The van der Waals surface area contributed by atoms with Gasteiger partial charge in [0.25, 0.3) is 5.91 Å². The first-order valence-electron chi connectivity index (χ1n) is 7.81. The van der Waals surface area contributed by atoms with Gasteiger partial charge in [0.1, 0.15) is 0 Å². The Morgan fingerprint density at radius 1 is 1.17 bits per heavy atom. The van der Waals surface area contributed by atoms with Gasteiger partial charge in [0, 0.05) is 37.4 Å². The Kier molecular flexibility index (Phi) is 3.92. The van der Waals surface area contributed by atoms with E-state index in [1.54, 1.807) is 23.1 Å². The molecule has 1 N–H and O–H groups in total. The maximum Gasteiger partial charge on any atom is 0.253 e. The quantitative estimate of drug-likeness (QED) is 0.847. The molecule has 0 unspecified atom stereocenters. The van der Waals surface area contributed by atoms with E-state index in [1.807, 2.05) is 13.8 Å². The number of benzene rings is 1. The second-order valence-electron chi connectivity index (χ2n) is 6.79. The molecule has 0 atom stereocenters. The maximum atomic E-state index is 12.7. The van der Waals surface area contributed by atoms with Crippen LogP contribution in [0.15, 0.2) is 18.2 Å². The van der Waals surface area contributed by atoms with Crippen LogP contribution in [0, 0.1) is 0 Å². The fourth-order valence-corrected chi connectivity index (χ4v) is 3.94. The number of fused-ring (bicyclic) bond motifs is 1. The van der Waals surface area contributed by atoms with Crippen LogP contribution < -0.4 is 5.32 Å². The monoisotopic (exact) mass is 351 g/mol. The molecule has 130 valence electrons. The second-order valence-corrected chi connectivity index (χ2v) is 8.78. The van der Waals surface area contributed by atoms with Crippen LogP contribution in [0.5, 0.6) is 0 Å². The Morgan fingerprint density at radius 3 is 2.38 bits per heavy atom. The van der Waals surface area contributed by atoms with E-state index >= 15 is 0 Å². The highest BCUT2D eigenvalue weighted by molar-refractivity contribution is 7.88. The van der Waals surface area contributed by atoms with Gasteiger partial charge in [0.15, 0.2) is 0 Å². The van der Waals surface area contributed by atoms with E-state index in [1.165, 1.54) is 10.6 Å². The summed E-state index contributed by atoms with van der Waals surface area (Å²) in [5.41, 5.74) is 1.41. The molecule has 0 spiro atoms. The predicted octanol–water partition coefficient (Wildman–Crippen LogP) is 0.634. The van der Waals surface area contributed by atoms with Gasteiger partial charge in [-0.05, 0) is 37.6 Å². The van der Waals surface area contributed by atoms with E-state index in [-0.39, 0.29) is 11.8 Å². The number of carbonyl (C=O) groups is 2. The lowest BCUT2D eigenvalue weighted by atomic mass is 9.85. The van der Waals surface area contributed by atoms with E-state index in [0.29, 0.717) is 31.7 Å². The van der Waals surface area contributed by atoms with E-state index in [9.17, 15) is 18.0 Å². The minimum absolute atomic E-state index is 0.0798. The summed E-state index contributed by atoms with van der Waals surface area (Å²) in [5, 5.41) is 2.82. The molecular weight excluding hydrogens is 330 g/mol. The molecule has 7 nitrogen and oxygen atoms in total. The summed E-state index contributed by atoms with van der Waals surface area (Å²) in [6.07, 6.45) is 1.18. The largest absolute Gasteiger partial charge is 0.336 e. The molecule has 1 fully saturated rings. The van der Waals surface area contributed by atoms with Gasteiger partial charge in [0.2, 0.25) is 15.9 Å². The lowest BCUT2D eigenvalue weighted by molar-refractivity contribution is -0.119. The molecule has 0 aliphatic carbocycles. The summed E-state index contributed by atoms with van der Waals surface area (Å²) in [6, 6.07) is 5.21. The van der Waals surface area contributed by atoms with Crippen LogP contribution in [0.1, 0.15) is 29.8 Å². The average molecular weight is 351 g/mol. The van der Waals surface area contributed by atoms with Crippen LogP contribution in [0.25, 0.3) is 0 Å². The first kappa shape index (κ1) is 16.9. The highest BCUT2D eigenvalue weighted by atomic mass is 32.2. The smallest absolute Gasteiger partial charge is 0.253 e. The molecular formula is C16H21N3O4S. The normalized spacial score (nSPS) is 20.6. The minimum Gasteiger partial charge on any atom is -0.336 e. The molecule has 1 aromatic rings. The molecule has 2 amide bonds. The Bertz CT molecular complexity index is 809. The third-order valence-electron chi connectivity index (χ3n) is 4.75. The first-order chi connectivity index (χ1) is 11.1. The van der Waals surface area contributed by atoms with Crippen molar-refractivity contribution in [1.82, 2.24) is 9.21 Å². The molecule has 2 heterocycles. The third-order valence-corrected chi connectivity index (χ3v) is 6.05. The molecule has 0 bridgehead atoms. The molecule has 2 aliphatic rings. The Balaban J connectivity index is 1.78. The maximum absolute atomic E-state index is 12.7. The van der Waals surface area contributed by atoms with Crippen LogP contribution in [0.4, 0.5) is 5.69 Å². The van der Waals surface area contributed by atoms with Crippen LogP contribution in [-0.4, -0.2) is 61.9 Å². The number of nitrogens with one attached hydrogen (secondary N) is 1. The van der Waals surface area contributed by atoms with Crippen molar-refractivity contribution in [3.05, 3.63) is 29.3 Å².